The summed E-state index contributed by atoms with van der Waals surface area (Å²) >= 11 is 0. The zero-order valence-corrected chi connectivity index (χ0v) is 17.7. The second-order valence-electron chi connectivity index (χ2n) is 5.42. The van der Waals surface area contributed by atoms with Crippen LogP contribution in [0.3, 0.4) is 0 Å². The van der Waals surface area contributed by atoms with Crippen LogP contribution in [0.5, 0.6) is 0 Å². The molecule has 2 nitrogen and oxygen atoms in total. The van der Waals surface area contributed by atoms with Crippen LogP contribution in [0.15, 0.2) is 121 Å². The molecule has 0 saturated carbocycles. The van der Waals surface area contributed by atoms with Crippen molar-refractivity contribution in [3.8, 4) is 0 Å². The van der Waals surface area contributed by atoms with Gasteiger partial charge in [0, 0.05) is 20.4 Å². The molecule has 0 bridgehead atoms. The Morgan fingerprint density at radius 1 is 0.464 bits per heavy atom. The second-order valence-corrected chi connectivity index (χ2v) is 7.64. The fourth-order valence-electron chi connectivity index (χ4n) is 2.52. The summed E-state index contributed by atoms with van der Waals surface area (Å²) in [7, 11) is -0.446. The fourth-order valence-corrected chi connectivity index (χ4v) is 4.83. The molecule has 3 N–H and O–H groups in total. The molecule has 0 aromatic heterocycles. The van der Waals surface area contributed by atoms with Crippen LogP contribution in [-0.4, -0.2) is 11.0 Å². The Kier molecular flexibility index (Phi) is 13.8. The first-order valence-electron chi connectivity index (χ1n) is 8.31. The Morgan fingerprint density at radius 2 is 0.750 bits per heavy atom. The van der Waals surface area contributed by atoms with Gasteiger partial charge in [-0.2, -0.15) is 0 Å². The average Bonchev–Trinajstić information content (AvgIpc) is 2.72. The molecular formula is C24H23O2PPd-. The number of benzene rings is 4. The standard InChI is InChI=1S/C18H15P.C6H5.2H2O.Pd/c1-4-10-16(11-5-1)19(17-12-6-2-7-13-17)18-14-8-3-9-15-18;1-2-4-6-5-3-1;;;/h1-15H;1-5H;2*1H2;/p-1. The normalized spacial score (nSPS) is 8.89. The molecule has 0 heterocycles. The van der Waals surface area contributed by atoms with Gasteiger partial charge in [0.15, 0.2) is 0 Å². The molecule has 0 saturated heterocycles. The van der Waals surface area contributed by atoms with Crippen LogP contribution in [0.4, 0.5) is 0 Å². The molecule has 0 amide bonds. The smallest absolute Gasteiger partial charge is 0 e. The van der Waals surface area contributed by atoms with Crippen LogP contribution in [0.1, 0.15) is 0 Å². The minimum atomic E-state index is -0.446. The van der Waals surface area contributed by atoms with Crippen molar-refractivity contribution in [1.29, 1.82) is 0 Å². The Balaban J connectivity index is 0.000000704. The first-order chi connectivity index (χ1) is 12.4. The molecule has 4 heteroatoms. The Bertz CT molecular complexity index is 724. The quantitative estimate of drug-likeness (QED) is 0.324. The predicted octanol–water partition coefficient (Wildman–Crippen LogP) is 3.93. The monoisotopic (exact) mass is 480 g/mol. The summed E-state index contributed by atoms with van der Waals surface area (Å²) in [4.78, 5) is 0. The Labute approximate surface area is 182 Å². The molecule has 147 valence electrons. The van der Waals surface area contributed by atoms with Crippen molar-refractivity contribution in [2.24, 2.45) is 0 Å². The summed E-state index contributed by atoms with van der Waals surface area (Å²) in [5, 5.41) is 4.19. The minimum Gasteiger partial charge on any atom is -0.870 e. The van der Waals surface area contributed by atoms with Crippen LogP contribution in [0.25, 0.3) is 0 Å². The van der Waals surface area contributed by atoms with Gasteiger partial charge in [0.2, 0.25) is 0 Å². The molecule has 4 rings (SSSR count). The van der Waals surface area contributed by atoms with E-state index in [1.54, 1.807) is 0 Å². The van der Waals surface area contributed by atoms with Crippen LogP contribution >= 0.6 is 7.92 Å². The summed E-state index contributed by atoms with van der Waals surface area (Å²) in [6, 6.07) is 44.8. The predicted molar refractivity (Wildman–Crippen MR) is 116 cm³/mol. The molecule has 0 fully saturated rings. The molecule has 0 spiro atoms. The summed E-state index contributed by atoms with van der Waals surface area (Å²) in [6.45, 7) is 0. The zero-order chi connectivity index (χ0) is 17.2. The van der Waals surface area contributed by atoms with E-state index in [1.165, 1.54) is 15.9 Å². The van der Waals surface area contributed by atoms with Gasteiger partial charge in [0.25, 0.3) is 0 Å². The topological polar surface area (TPSA) is 61.5 Å². The number of rotatable bonds is 3. The van der Waals surface area contributed by atoms with Gasteiger partial charge in [-0.05, 0) is 29.9 Å². The molecule has 28 heavy (non-hydrogen) atoms. The van der Waals surface area contributed by atoms with E-state index in [9.17, 15) is 0 Å². The third kappa shape index (κ3) is 7.87. The van der Waals surface area contributed by atoms with Crippen LogP contribution in [0.2, 0.25) is 0 Å². The molecule has 1 radical (unpaired) electrons. The van der Waals surface area contributed by atoms with Gasteiger partial charge in [0.05, 0.1) is 0 Å². The third-order valence-corrected chi connectivity index (χ3v) is 6.09. The van der Waals surface area contributed by atoms with E-state index in [4.69, 9.17) is 0 Å². The van der Waals surface area contributed by atoms with Gasteiger partial charge in [0.1, 0.15) is 0 Å². The average molecular weight is 481 g/mol. The Hall–Kier alpha value is -2.11. The maximum Gasteiger partial charge on any atom is 0 e. The van der Waals surface area contributed by atoms with Crippen molar-refractivity contribution >= 4 is 23.8 Å². The molecule has 0 aliphatic carbocycles. The molecular weight excluding hydrogens is 458 g/mol. The van der Waals surface area contributed by atoms with E-state index in [1.807, 2.05) is 30.3 Å². The first-order valence-corrected chi connectivity index (χ1v) is 9.66. The van der Waals surface area contributed by atoms with Crippen molar-refractivity contribution < 1.29 is 31.4 Å². The van der Waals surface area contributed by atoms with Gasteiger partial charge in [-0.3, -0.25) is 0 Å². The first kappa shape index (κ1) is 25.9. The maximum atomic E-state index is 2.89. The van der Waals surface area contributed by atoms with Crippen molar-refractivity contribution in [3.63, 3.8) is 0 Å². The van der Waals surface area contributed by atoms with Crippen LogP contribution in [0, 0.1) is 6.07 Å². The fraction of sp³-hybridized carbons (Fsp3) is 0. The Morgan fingerprint density at radius 3 is 0.964 bits per heavy atom. The van der Waals surface area contributed by atoms with E-state index in [0.717, 1.165) is 0 Å². The molecule has 0 aliphatic heterocycles. The van der Waals surface area contributed by atoms with E-state index in [2.05, 4.69) is 97.1 Å². The number of hydrogen-bond donors (Lipinski definition) is 0. The summed E-state index contributed by atoms with van der Waals surface area (Å²) in [6.07, 6.45) is 0. The minimum absolute atomic E-state index is 0. The van der Waals surface area contributed by atoms with E-state index in [-0.39, 0.29) is 31.4 Å². The van der Waals surface area contributed by atoms with Gasteiger partial charge < -0.3 is 11.0 Å². The summed E-state index contributed by atoms with van der Waals surface area (Å²) < 4.78 is 0. The van der Waals surface area contributed by atoms with E-state index >= 15 is 0 Å². The van der Waals surface area contributed by atoms with Gasteiger partial charge in [-0.1, -0.05) is 121 Å². The van der Waals surface area contributed by atoms with Gasteiger partial charge >= 0.3 is 0 Å². The van der Waals surface area contributed by atoms with Crippen molar-refractivity contribution in [3.05, 3.63) is 127 Å². The molecule has 0 atom stereocenters. The summed E-state index contributed by atoms with van der Waals surface area (Å²) in [5.74, 6) is 0. The maximum absolute atomic E-state index is 2.89. The van der Waals surface area contributed by atoms with Gasteiger partial charge in [-0.15, -0.1) is 0 Å². The van der Waals surface area contributed by atoms with Crippen LogP contribution in [-0.2, 0) is 20.4 Å². The van der Waals surface area contributed by atoms with Crippen molar-refractivity contribution in [2.45, 2.75) is 0 Å². The number of hydrogen-bond acceptors (Lipinski definition) is 1. The van der Waals surface area contributed by atoms with Crippen molar-refractivity contribution in [2.75, 3.05) is 0 Å². The SMILES string of the molecule is O.[OH-].[Pd].[c]1ccccc1.c1ccc(P(c2ccccc2)c2ccccc2)cc1. The molecule has 0 unspecified atom stereocenters. The van der Waals surface area contributed by atoms with Gasteiger partial charge in [-0.25, -0.2) is 0 Å². The molecule has 4 aromatic carbocycles. The van der Waals surface area contributed by atoms with E-state index < -0.39 is 7.92 Å². The molecule has 0 aliphatic rings. The third-order valence-electron chi connectivity index (χ3n) is 3.65. The van der Waals surface area contributed by atoms with Crippen molar-refractivity contribution in [1.82, 2.24) is 0 Å². The van der Waals surface area contributed by atoms with Crippen LogP contribution < -0.4 is 15.9 Å². The largest absolute Gasteiger partial charge is 0.870 e. The second kappa shape index (κ2) is 14.9. The zero-order valence-electron chi connectivity index (χ0n) is 15.3. The molecule has 4 aromatic rings. The van der Waals surface area contributed by atoms with E-state index in [0.29, 0.717) is 0 Å². The summed E-state index contributed by atoms with van der Waals surface area (Å²) in [5.41, 5.74) is 0.